The van der Waals surface area contributed by atoms with Gasteiger partial charge in [0.1, 0.15) is 11.2 Å². The Morgan fingerprint density at radius 3 is 2.20 bits per heavy atom. The lowest BCUT2D eigenvalue weighted by molar-refractivity contribution is -0.124. The van der Waals surface area contributed by atoms with E-state index < -0.39 is 17.5 Å². The summed E-state index contributed by atoms with van der Waals surface area (Å²) in [7, 11) is 0. The number of carbonyl (C=O) groups is 3. The van der Waals surface area contributed by atoms with Crippen LogP contribution in [-0.2, 0) is 11.2 Å². The number of carboxylic acid groups (broad SMARTS) is 2. The molecule has 30 heavy (non-hydrogen) atoms. The van der Waals surface area contributed by atoms with Gasteiger partial charge in [0.25, 0.3) is 5.91 Å². The van der Waals surface area contributed by atoms with Crippen LogP contribution in [0.2, 0.25) is 0 Å². The quantitative estimate of drug-likeness (QED) is 0.694. The normalized spacial score (nSPS) is 17.6. The van der Waals surface area contributed by atoms with Gasteiger partial charge >= 0.3 is 11.9 Å². The number of rotatable bonds is 5. The van der Waals surface area contributed by atoms with Crippen LogP contribution in [0.3, 0.4) is 0 Å². The lowest BCUT2D eigenvalue weighted by atomic mass is 9.89. The van der Waals surface area contributed by atoms with Crippen molar-refractivity contribution >= 4 is 23.7 Å². The highest BCUT2D eigenvalue weighted by Gasteiger charge is 2.43. The van der Waals surface area contributed by atoms with Crippen LogP contribution in [0, 0.1) is 5.92 Å². The molecule has 1 unspecified atom stereocenters. The van der Waals surface area contributed by atoms with Crippen LogP contribution >= 0.6 is 0 Å². The number of hydrogen-bond donors (Lipinski definition) is 3. The van der Waals surface area contributed by atoms with E-state index >= 15 is 0 Å². The third-order valence-corrected chi connectivity index (χ3v) is 4.99. The second-order valence-corrected chi connectivity index (χ2v) is 7.29. The van der Waals surface area contributed by atoms with Crippen molar-refractivity contribution < 1.29 is 24.6 Å². The van der Waals surface area contributed by atoms with Gasteiger partial charge in [-0.15, -0.1) is 0 Å². The first-order valence-corrected chi connectivity index (χ1v) is 9.52. The molecule has 1 atom stereocenters. The van der Waals surface area contributed by atoms with E-state index in [4.69, 9.17) is 5.11 Å². The van der Waals surface area contributed by atoms with E-state index in [1.807, 2.05) is 20.8 Å². The zero-order chi connectivity index (χ0) is 22.5. The number of aromatic carboxylic acids is 2. The van der Waals surface area contributed by atoms with Crippen molar-refractivity contribution in [3.63, 3.8) is 0 Å². The fraction of sp³-hybridized carbons (Fsp3) is 0.318. The largest absolute Gasteiger partial charge is 0.478 e. The molecule has 3 N–H and O–H groups in total. The first kappa shape index (κ1) is 22.7. The summed E-state index contributed by atoms with van der Waals surface area (Å²) in [6.45, 7) is 7.46. The Hall–Kier alpha value is -3.55. The Kier molecular flexibility index (Phi) is 7.05. The molecule has 2 heterocycles. The Bertz CT molecular complexity index is 986. The number of hydrogen-bond acceptors (Lipinski definition) is 5. The van der Waals surface area contributed by atoms with Crippen LogP contribution in [0.4, 0.5) is 0 Å². The minimum atomic E-state index is -1.08. The highest BCUT2D eigenvalue weighted by atomic mass is 16.4. The van der Waals surface area contributed by atoms with Gasteiger partial charge in [-0.1, -0.05) is 39.0 Å². The summed E-state index contributed by atoms with van der Waals surface area (Å²) in [6, 6.07) is 9.87. The van der Waals surface area contributed by atoms with E-state index in [9.17, 15) is 19.5 Å². The zero-order valence-electron chi connectivity index (χ0n) is 17.3. The molecule has 1 aromatic carbocycles. The Morgan fingerprint density at radius 2 is 1.77 bits per heavy atom. The highest BCUT2D eigenvalue weighted by molar-refractivity contribution is 6.17. The SMILES string of the molecule is CCc1cnc(C2=NC(C)(C(C)C)C(=O)N2)c(C(=O)O)c1.O=C(O)c1ccccc1. The molecule has 2 aromatic rings. The number of amides is 1. The van der Waals surface area contributed by atoms with Gasteiger partial charge in [-0.05, 0) is 43.0 Å². The maximum Gasteiger partial charge on any atom is 0.338 e. The van der Waals surface area contributed by atoms with Gasteiger partial charge in [0, 0.05) is 6.20 Å². The summed E-state index contributed by atoms with van der Waals surface area (Å²) in [5, 5.41) is 20.4. The molecule has 0 saturated carbocycles. The maximum absolute atomic E-state index is 12.1. The number of benzene rings is 1. The molecule has 0 radical (unpaired) electrons. The summed E-state index contributed by atoms with van der Waals surface area (Å²) in [5.74, 6) is -1.96. The number of aromatic nitrogens is 1. The van der Waals surface area contributed by atoms with Gasteiger partial charge in [-0.25, -0.2) is 14.6 Å². The molecule has 8 nitrogen and oxygen atoms in total. The summed E-state index contributed by atoms with van der Waals surface area (Å²) in [6.07, 6.45) is 2.30. The molecule has 1 aromatic heterocycles. The first-order chi connectivity index (χ1) is 14.1. The number of pyridine rings is 1. The summed E-state index contributed by atoms with van der Waals surface area (Å²) >= 11 is 0. The Balaban J connectivity index is 0.000000297. The fourth-order valence-electron chi connectivity index (χ4n) is 2.68. The van der Waals surface area contributed by atoms with Crippen molar-refractivity contribution in [2.45, 2.75) is 39.7 Å². The third kappa shape index (κ3) is 4.89. The molecular weight excluding hydrogens is 386 g/mol. The topological polar surface area (TPSA) is 129 Å². The number of amidine groups is 1. The van der Waals surface area contributed by atoms with Crippen LogP contribution in [0.1, 0.15) is 59.7 Å². The van der Waals surface area contributed by atoms with E-state index in [0.29, 0.717) is 12.0 Å². The van der Waals surface area contributed by atoms with E-state index in [2.05, 4.69) is 15.3 Å². The minimum Gasteiger partial charge on any atom is -0.478 e. The van der Waals surface area contributed by atoms with Crippen LogP contribution < -0.4 is 5.32 Å². The second kappa shape index (κ2) is 9.30. The van der Waals surface area contributed by atoms with Gasteiger partial charge in [-0.2, -0.15) is 0 Å². The Labute approximate surface area is 174 Å². The summed E-state index contributed by atoms with van der Waals surface area (Å²) in [5.41, 5.74) is 0.528. The molecule has 158 valence electrons. The van der Waals surface area contributed by atoms with E-state index in [0.717, 1.165) is 5.56 Å². The van der Waals surface area contributed by atoms with Crippen molar-refractivity contribution in [3.05, 3.63) is 65.0 Å². The zero-order valence-corrected chi connectivity index (χ0v) is 17.3. The number of carbonyl (C=O) groups excluding carboxylic acids is 1. The molecule has 8 heteroatoms. The van der Waals surface area contributed by atoms with E-state index in [-0.39, 0.29) is 28.9 Å². The van der Waals surface area contributed by atoms with E-state index in [1.54, 1.807) is 49.5 Å². The molecule has 1 aliphatic rings. The number of aliphatic imine (C=N–C) groups is 1. The highest BCUT2D eigenvalue weighted by Crippen LogP contribution is 2.27. The molecule has 1 amide bonds. The predicted molar refractivity (Wildman–Crippen MR) is 112 cm³/mol. The van der Waals surface area contributed by atoms with Crippen molar-refractivity contribution in [2.75, 3.05) is 0 Å². The summed E-state index contributed by atoms with van der Waals surface area (Å²) < 4.78 is 0. The first-order valence-electron chi connectivity index (χ1n) is 9.52. The van der Waals surface area contributed by atoms with Gasteiger partial charge in [-0.3, -0.25) is 9.78 Å². The number of aryl methyl sites for hydroxylation is 1. The lowest BCUT2D eigenvalue weighted by Gasteiger charge is -2.21. The van der Waals surface area contributed by atoms with Gasteiger partial charge in [0.2, 0.25) is 0 Å². The number of nitrogens with one attached hydrogen (secondary N) is 1. The molecule has 3 rings (SSSR count). The van der Waals surface area contributed by atoms with Crippen LogP contribution in [0.5, 0.6) is 0 Å². The molecule has 1 aliphatic heterocycles. The molecule has 0 saturated heterocycles. The van der Waals surface area contributed by atoms with Crippen molar-refractivity contribution in [3.8, 4) is 0 Å². The lowest BCUT2D eigenvalue weighted by Crippen LogP contribution is -2.41. The summed E-state index contributed by atoms with van der Waals surface area (Å²) in [4.78, 5) is 42.3. The third-order valence-electron chi connectivity index (χ3n) is 4.99. The van der Waals surface area contributed by atoms with Gasteiger partial charge in [0.05, 0.1) is 11.1 Å². The van der Waals surface area contributed by atoms with Crippen molar-refractivity contribution in [1.82, 2.24) is 10.3 Å². The molecule has 0 fully saturated rings. The van der Waals surface area contributed by atoms with Crippen molar-refractivity contribution in [2.24, 2.45) is 10.9 Å². The van der Waals surface area contributed by atoms with Crippen LogP contribution in [-0.4, -0.2) is 44.4 Å². The molecule has 0 bridgehead atoms. The smallest absolute Gasteiger partial charge is 0.338 e. The Morgan fingerprint density at radius 1 is 1.13 bits per heavy atom. The van der Waals surface area contributed by atoms with Crippen LogP contribution in [0.15, 0.2) is 47.6 Å². The van der Waals surface area contributed by atoms with Crippen LogP contribution in [0.25, 0.3) is 0 Å². The maximum atomic E-state index is 12.1. The predicted octanol–water partition coefficient (Wildman–Crippen LogP) is 3.02. The van der Waals surface area contributed by atoms with Gasteiger partial charge < -0.3 is 15.5 Å². The molecule has 0 spiro atoms. The minimum absolute atomic E-state index is 0.00167. The molecule has 0 aliphatic carbocycles. The monoisotopic (exact) mass is 411 g/mol. The van der Waals surface area contributed by atoms with E-state index in [1.165, 1.54) is 0 Å². The second-order valence-electron chi connectivity index (χ2n) is 7.29. The average Bonchev–Trinajstić information content (AvgIpc) is 3.04. The standard InChI is InChI=1S/C15H19N3O3.C7H6O2/c1-5-9-6-10(13(19)20)11(16-7-9)12-17-14(21)15(4,18-12)8(2)3;8-7(9)6-4-2-1-3-5-6/h6-8H,5H2,1-4H3,(H,19,20)(H,17,18,21);1-5H,(H,8,9). The number of carboxylic acids is 2. The molecular formula is C22H25N3O5. The number of nitrogens with zero attached hydrogens (tertiary/aromatic N) is 2. The van der Waals surface area contributed by atoms with Gasteiger partial charge in [0.15, 0.2) is 5.84 Å². The fourth-order valence-corrected chi connectivity index (χ4v) is 2.68. The average molecular weight is 411 g/mol. The van der Waals surface area contributed by atoms with Crippen molar-refractivity contribution in [1.29, 1.82) is 0 Å².